The molecule has 120 valence electrons. The third-order valence-corrected chi connectivity index (χ3v) is 3.58. The molecule has 1 aromatic rings. The Labute approximate surface area is 134 Å². The van der Waals surface area contributed by atoms with E-state index in [0.29, 0.717) is 5.69 Å². The quantitative estimate of drug-likeness (QED) is 0.635. The van der Waals surface area contributed by atoms with E-state index in [9.17, 15) is 14.9 Å². The SMILES string of the molecule is CN1CCN(/C=C(/C#N)C(=O)Nc2cccc(C(=O)O)c2)CC1. The standard InChI is InChI=1S/C16H18N4O3/c1-19-5-7-20(8-6-19)11-13(10-17)15(21)18-14-4-2-3-12(9-14)16(22)23/h2-4,9,11H,5-8H2,1H3,(H,18,21)(H,22,23)/b13-11-. The number of carbonyl (C=O) groups is 2. The maximum Gasteiger partial charge on any atom is 0.335 e. The summed E-state index contributed by atoms with van der Waals surface area (Å²) in [5.74, 6) is -1.62. The Hall–Kier alpha value is -2.85. The van der Waals surface area contributed by atoms with Gasteiger partial charge in [0.1, 0.15) is 11.6 Å². The highest BCUT2D eigenvalue weighted by molar-refractivity contribution is 6.06. The number of hydrogen-bond acceptors (Lipinski definition) is 5. The predicted molar refractivity (Wildman–Crippen MR) is 84.8 cm³/mol. The second-order valence-electron chi connectivity index (χ2n) is 5.33. The van der Waals surface area contributed by atoms with E-state index in [1.54, 1.807) is 12.3 Å². The number of likely N-dealkylation sites (N-methyl/N-ethyl adjacent to an activating group) is 1. The van der Waals surface area contributed by atoms with Crippen LogP contribution in [0.5, 0.6) is 0 Å². The summed E-state index contributed by atoms with van der Waals surface area (Å²) in [4.78, 5) is 27.2. The number of rotatable bonds is 4. The molecular formula is C16H18N4O3. The molecule has 1 aromatic carbocycles. The summed E-state index contributed by atoms with van der Waals surface area (Å²) in [6, 6.07) is 7.80. The van der Waals surface area contributed by atoms with Gasteiger partial charge >= 0.3 is 5.97 Å². The Morgan fingerprint density at radius 3 is 2.61 bits per heavy atom. The van der Waals surface area contributed by atoms with Gasteiger partial charge in [-0.3, -0.25) is 4.79 Å². The monoisotopic (exact) mass is 314 g/mol. The van der Waals surface area contributed by atoms with Gasteiger partial charge in [0.2, 0.25) is 0 Å². The van der Waals surface area contributed by atoms with Crippen LogP contribution in [0.2, 0.25) is 0 Å². The summed E-state index contributed by atoms with van der Waals surface area (Å²) in [6.07, 6.45) is 1.56. The summed E-state index contributed by atoms with van der Waals surface area (Å²) in [6.45, 7) is 3.25. The van der Waals surface area contributed by atoms with E-state index in [1.807, 2.05) is 18.0 Å². The van der Waals surface area contributed by atoms with E-state index in [0.717, 1.165) is 26.2 Å². The molecule has 1 fully saturated rings. The summed E-state index contributed by atoms with van der Waals surface area (Å²) in [7, 11) is 2.02. The first-order chi connectivity index (χ1) is 11.0. The largest absolute Gasteiger partial charge is 0.478 e. The fraction of sp³-hybridized carbons (Fsp3) is 0.312. The van der Waals surface area contributed by atoms with Crippen LogP contribution in [-0.4, -0.2) is 60.0 Å². The molecule has 1 amide bonds. The normalized spacial score (nSPS) is 15.8. The molecule has 0 aliphatic carbocycles. The zero-order valence-corrected chi connectivity index (χ0v) is 12.8. The molecule has 1 aliphatic heterocycles. The van der Waals surface area contributed by atoms with Crippen molar-refractivity contribution in [3.05, 3.63) is 41.6 Å². The number of hydrogen-bond donors (Lipinski definition) is 2. The topological polar surface area (TPSA) is 96.7 Å². The zero-order valence-electron chi connectivity index (χ0n) is 12.8. The van der Waals surface area contributed by atoms with Crippen LogP contribution in [0.1, 0.15) is 10.4 Å². The van der Waals surface area contributed by atoms with E-state index in [2.05, 4.69) is 10.2 Å². The van der Waals surface area contributed by atoms with Crippen LogP contribution in [-0.2, 0) is 4.79 Å². The van der Waals surface area contributed by atoms with Gasteiger partial charge in [-0.2, -0.15) is 5.26 Å². The minimum atomic E-state index is -1.07. The summed E-state index contributed by atoms with van der Waals surface area (Å²) < 4.78 is 0. The first-order valence-corrected chi connectivity index (χ1v) is 7.19. The van der Waals surface area contributed by atoms with Crippen molar-refractivity contribution < 1.29 is 14.7 Å². The van der Waals surface area contributed by atoms with Gasteiger partial charge in [-0.1, -0.05) is 6.07 Å². The molecule has 0 saturated carbocycles. The number of carboxylic acids is 1. The van der Waals surface area contributed by atoms with Gasteiger partial charge in [0, 0.05) is 38.1 Å². The number of nitrogens with one attached hydrogen (secondary N) is 1. The highest BCUT2D eigenvalue weighted by Crippen LogP contribution is 2.12. The Kier molecular flexibility index (Phi) is 5.33. The van der Waals surface area contributed by atoms with Crippen molar-refractivity contribution in [1.29, 1.82) is 5.26 Å². The van der Waals surface area contributed by atoms with Crippen molar-refractivity contribution >= 4 is 17.6 Å². The first-order valence-electron chi connectivity index (χ1n) is 7.19. The van der Waals surface area contributed by atoms with Crippen LogP contribution in [0.15, 0.2) is 36.0 Å². The van der Waals surface area contributed by atoms with E-state index in [4.69, 9.17) is 5.11 Å². The van der Waals surface area contributed by atoms with Crippen molar-refractivity contribution in [1.82, 2.24) is 9.80 Å². The van der Waals surface area contributed by atoms with E-state index in [1.165, 1.54) is 18.2 Å². The second kappa shape index (κ2) is 7.42. The number of benzene rings is 1. The van der Waals surface area contributed by atoms with Crippen molar-refractivity contribution in [2.24, 2.45) is 0 Å². The highest BCUT2D eigenvalue weighted by Gasteiger charge is 2.15. The van der Waals surface area contributed by atoms with Crippen LogP contribution < -0.4 is 5.32 Å². The lowest BCUT2D eigenvalue weighted by Gasteiger charge is -2.31. The number of piperazine rings is 1. The lowest BCUT2D eigenvalue weighted by atomic mass is 10.2. The van der Waals surface area contributed by atoms with Crippen LogP contribution in [0.4, 0.5) is 5.69 Å². The third-order valence-electron chi connectivity index (χ3n) is 3.58. The molecule has 0 radical (unpaired) electrons. The molecule has 0 spiro atoms. The maximum absolute atomic E-state index is 12.2. The number of carboxylic acid groups (broad SMARTS) is 1. The van der Waals surface area contributed by atoms with E-state index in [-0.39, 0.29) is 11.1 Å². The molecule has 1 aliphatic rings. The predicted octanol–water partition coefficient (Wildman–Crippen LogP) is 0.978. The number of nitriles is 1. The highest BCUT2D eigenvalue weighted by atomic mass is 16.4. The molecular weight excluding hydrogens is 296 g/mol. The summed E-state index contributed by atoms with van der Waals surface area (Å²) >= 11 is 0. The molecule has 23 heavy (non-hydrogen) atoms. The Bertz CT molecular complexity index is 670. The van der Waals surface area contributed by atoms with Crippen LogP contribution in [0.25, 0.3) is 0 Å². The summed E-state index contributed by atoms with van der Waals surface area (Å²) in [5.41, 5.74) is 0.411. The number of anilines is 1. The smallest absolute Gasteiger partial charge is 0.335 e. The average molecular weight is 314 g/mol. The molecule has 0 unspecified atom stereocenters. The third kappa shape index (κ3) is 4.56. The second-order valence-corrected chi connectivity index (χ2v) is 5.33. The van der Waals surface area contributed by atoms with E-state index < -0.39 is 11.9 Å². The van der Waals surface area contributed by atoms with Crippen LogP contribution in [0.3, 0.4) is 0 Å². The van der Waals surface area contributed by atoms with Crippen molar-refractivity contribution in [3.63, 3.8) is 0 Å². The van der Waals surface area contributed by atoms with Crippen LogP contribution >= 0.6 is 0 Å². The van der Waals surface area contributed by atoms with Gasteiger partial charge in [-0.15, -0.1) is 0 Å². The summed E-state index contributed by atoms with van der Waals surface area (Å²) in [5, 5.41) is 20.7. The number of carbonyl (C=O) groups excluding carboxylic acids is 1. The van der Waals surface area contributed by atoms with Crippen molar-refractivity contribution in [3.8, 4) is 6.07 Å². The molecule has 0 atom stereocenters. The van der Waals surface area contributed by atoms with Crippen LogP contribution in [0, 0.1) is 11.3 Å². The van der Waals surface area contributed by atoms with Gasteiger partial charge in [0.25, 0.3) is 5.91 Å². The molecule has 1 saturated heterocycles. The maximum atomic E-state index is 12.2. The van der Waals surface area contributed by atoms with Gasteiger partial charge in [-0.05, 0) is 25.2 Å². The van der Waals surface area contributed by atoms with Crippen molar-refractivity contribution in [2.75, 3.05) is 38.5 Å². The fourth-order valence-electron chi connectivity index (χ4n) is 2.20. The van der Waals surface area contributed by atoms with Gasteiger partial charge in [-0.25, -0.2) is 4.79 Å². The number of nitrogens with zero attached hydrogens (tertiary/aromatic N) is 3. The molecule has 7 heteroatoms. The Balaban J connectivity index is 2.07. The lowest BCUT2D eigenvalue weighted by Crippen LogP contribution is -2.42. The number of aromatic carboxylic acids is 1. The Morgan fingerprint density at radius 2 is 2.00 bits per heavy atom. The van der Waals surface area contributed by atoms with Gasteiger partial charge in [0.15, 0.2) is 0 Å². The van der Waals surface area contributed by atoms with E-state index >= 15 is 0 Å². The molecule has 0 bridgehead atoms. The van der Waals surface area contributed by atoms with Gasteiger partial charge in [0.05, 0.1) is 5.56 Å². The van der Waals surface area contributed by atoms with Crippen molar-refractivity contribution in [2.45, 2.75) is 0 Å². The number of amides is 1. The molecule has 2 N–H and O–H groups in total. The minimum absolute atomic E-state index is 0.00437. The molecule has 1 heterocycles. The molecule has 0 aromatic heterocycles. The minimum Gasteiger partial charge on any atom is -0.478 e. The molecule has 2 rings (SSSR count). The average Bonchev–Trinajstić information content (AvgIpc) is 2.54. The fourth-order valence-corrected chi connectivity index (χ4v) is 2.20. The molecule has 7 nitrogen and oxygen atoms in total. The lowest BCUT2D eigenvalue weighted by molar-refractivity contribution is -0.112. The van der Waals surface area contributed by atoms with Gasteiger partial charge < -0.3 is 20.2 Å². The zero-order chi connectivity index (χ0) is 16.8. The Morgan fingerprint density at radius 1 is 1.30 bits per heavy atom. The first kappa shape index (κ1) is 16.5.